The lowest BCUT2D eigenvalue weighted by Gasteiger charge is -2.55. The Kier molecular flexibility index (Phi) is 5.41. The van der Waals surface area contributed by atoms with Crippen LogP contribution in [0.1, 0.15) is 11.1 Å². The van der Waals surface area contributed by atoms with Crippen molar-refractivity contribution in [2.24, 2.45) is 5.41 Å². The van der Waals surface area contributed by atoms with E-state index < -0.39 is 34.2 Å². The van der Waals surface area contributed by atoms with Crippen LogP contribution in [0.25, 0.3) is 0 Å². The molecule has 0 radical (unpaired) electrons. The second kappa shape index (κ2) is 8.69. The lowest BCUT2D eigenvalue weighted by atomic mass is 9.67. The molecule has 4 amide bonds. The number of amides is 4. The third-order valence-electron chi connectivity index (χ3n) is 7.83. The number of non-ortho nitro benzene ring substituents is 1. The lowest BCUT2D eigenvalue weighted by Crippen LogP contribution is -2.75. The van der Waals surface area contributed by atoms with Crippen molar-refractivity contribution in [1.29, 1.82) is 0 Å². The number of carbonyl (C=O) groups excluding carboxylic acids is 3. The normalized spacial score (nSPS) is 22.7. The van der Waals surface area contributed by atoms with Crippen LogP contribution in [-0.2, 0) is 16.0 Å². The SMILES string of the molecule is Cc1ccc(N2C(=O)NC(=O)[C@]3(Cc4cc([N+](=O)[O-])ccc4N4CCN(c5ccccc5)C[C@H]43)C2=O)cc1. The molecule has 1 spiro atoms. The van der Waals surface area contributed by atoms with E-state index >= 15 is 0 Å². The molecule has 6 rings (SSSR count). The van der Waals surface area contributed by atoms with E-state index in [2.05, 4.69) is 10.2 Å². The molecule has 3 aliphatic rings. The molecule has 10 nitrogen and oxygen atoms in total. The molecule has 0 aliphatic carbocycles. The maximum Gasteiger partial charge on any atom is 0.335 e. The topological polar surface area (TPSA) is 116 Å². The van der Waals surface area contributed by atoms with E-state index in [-0.39, 0.29) is 12.1 Å². The summed E-state index contributed by atoms with van der Waals surface area (Å²) >= 11 is 0. The number of barbiturate groups is 1. The smallest absolute Gasteiger partial charge is 0.335 e. The van der Waals surface area contributed by atoms with Crippen LogP contribution in [0.15, 0.2) is 72.8 Å². The van der Waals surface area contributed by atoms with Gasteiger partial charge in [0.05, 0.1) is 16.7 Å². The number of benzene rings is 3. The van der Waals surface area contributed by atoms with Crippen molar-refractivity contribution in [3.8, 4) is 0 Å². The zero-order valence-corrected chi connectivity index (χ0v) is 20.7. The number of nitrogens with one attached hydrogen (secondary N) is 1. The predicted molar refractivity (Wildman–Crippen MR) is 141 cm³/mol. The summed E-state index contributed by atoms with van der Waals surface area (Å²) in [6.45, 7) is 3.38. The standard InChI is InChI=1S/C28H25N5O5/c1-18-7-9-21(10-8-18)32-26(35)28(25(34)29-27(32)36)16-19-15-22(33(37)38)11-12-23(19)31-14-13-30(17-24(28)31)20-5-3-2-4-6-20/h2-12,15,24H,13-14,16-17H2,1H3,(H,29,34,36)/t24-,28+/m0/s1. The van der Waals surface area contributed by atoms with Gasteiger partial charge in [-0.15, -0.1) is 0 Å². The summed E-state index contributed by atoms with van der Waals surface area (Å²) < 4.78 is 0. The number of rotatable bonds is 3. The van der Waals surface area contributed by atoms with Crippen molar-refractivity contribution in [2.45, 2.75) is 19.4 Å². The van der Waals surface area contributed by atoms with E-state index in [1.165, 1.54) is 12.1 Å². The number of nitrogens with zero attached hydrogens (tertiary/aromatic N) is 4. The first-order chi connectivity index (χ1) is 18.3. The number of piperazine rings is 1. The van der Waals surface area contributed by atoms with Crippen LogP contribution in [0, 0.1) is 22.5 Å². The first-order valence-electron chi connectivity index (χ1n) is 12.4. The summed E-state index contributed by atoms with van der Waals surface area (Å²) in [4.78, 5) is 57.4. The highest BCUT2D eigenvalue weighted by molar-refractivity contribution is 6.30. The number of imide groups is 2. The Morgan fingerprint density at radius 2 is 1.68 bits per heavy atom. The highest BCUT2D eigenvalue weighted by atomic mass is 16.6. The monoisotopic (exact) mass is 511 g/mol. The van der Waals surface area contributed by atoms with Crippen LogP contribution in [0.5, 0.6) is 0 Å². The fourth-order valence-corrected chi connectivity index (χ4v) is 5.92. The Morgan fingerprint density at radius 3 is 2.39 bits per heavy atom. The fourth-order valence-electron chi connectivity index (χ4n) is 5.92. The van der Waals surface area contributed by atoms with E-state index in [1.54, 1.807) is 30.3 Å². The van der Waals surface area contributed by atoms with E-state index in [4.69, 9.17) is 0 Å². The molecular formula is C28H25N5O5. The molecule has 2 saturated heterocycles. The van der Waals surface area contributed by atoms with Crippen LogP contribution in [0.2, 0.25) is 0 Å². The van der Waals surface area contributed by atoms with Crippen molar-refractivity contribution in [1.82, 2.24) is 5.32 Å². The number of nitro groups is 1. The maximum absolute atomic E-state index is 14.4. The second-order valence-corrected chi connectivity index (χ2v) is 9.94. The van der Waals surface area contributed by atoms with Crippen LogP contribution in [0.3, 0.4) is 0 Å². The largest absolute Gasteiger partial charge is 0.368 e. The Hall–Kier alpha value is -4.73. The number of anilines is 3. The number of aryl methyl sites for hydroxylation is 1. The van der Waals surface area contributed by atoms with Gasteiger partial charge >= 0.3 is 6.03 Å². The van der Waals surface area contributed by atoms with Crippen LogP contribution < -0.4 is 20.0 Å². The van der Waals surface area contributed by atoms with Crippen LogP contribution >= 0.6 is 0 Å². The third kappa shape index (κ3) is 3.52. The molecule has 0 saturated carbocycles. The zero-order valence-electron chi connectivity index (χ0n) is 20.7. The van der Waals surface area contributed by atoms with Crippen LogP contribution in [0.4, 0.5) is 27.5 Å². The van der Waals surface area contributed by atoms with Gasteiger partial charge in [-0.3, -0.25) is 25.0 Å². The molecule has 3 aliphatic heterocycles. The van der Waals surface area contributed by atoms with Crippen molar-refractivity contribution in [3.63, 3.8) is 0 Å². The van der Waals surface area contributed by atoms with Gasteiger partial charge in [0.25, 0.3) is 11.6 Å². The molecule has 192 valence electrons. The molecule has 10 heteroatoms. The number of para-hydroxylation sites is 1. The number of urea groups is 1. The van der Waals surface area contributed by atoms with E-state index in [0.717, 1.165) is 21.8 Å². The molecule has 2 fully saturated rings. The van der Waals surface area contributed by atoms with Crippen molar-refractivity contribution < 1.29 is 19.3 Å². The molecule has 3 heterocycles. The number of nitro benzene ring substituents is 1. The minimum atomic E-state index is -1.67. The maximum atomic E-state index is 14.4. The molecular weight excluding hydrogens is 486 g/mol. The van der Waals surface area contributed by atoms with E-state index in [0.29, 0.717) is 30.9 Å². The highest BCUT2D eigenvalue weighted by Crippen LogP contribution is 2.47. The Labute approximate surface area is 218 Å². The molecule has 38 heavy (non-hydrogen) atoms. The second-order valence-electron chi connectivity index (χ2n) is 9.94. The van der Waals surface area contributed by atoms with Crippen molar-refractivity contribution >= 4 is 40.6 Å². The number of carbonyl (C=O) groups is 3. The predicted octanol–water partition coefficient (Wildman–Crippen LogP) is 3.42. The first kappa shape index (κ1) is 23.7. The molecule has 0 aromatic heterocycles. The minimum Gasteiger partial charge on any atom is -0.368 e. The lowest BCUT2D eigenvalue weighted by molar-refractivity contribution is -0.384. The number of fused-ring (bicyclic) bond motifs is 4. The van der Waals surface area contributed by atoms with Crippen molar-refractivity contribution in [3.05, 3.63) is 94.0 Å². The van der Waals surface area contributed by atoms with Gasteiger partial charge in [0.1, 0.15) is 0 Å². The highest BCUT2D eigenvalue weighted by Gasteiger charge is 2.63. The minimum absolute atomic E-state index is 0.0614. The molecule has 0 bridgehead atoms. The van der Waals surface area contributed by atoms with Gasteiger partial charge in [-0.25, -0.2) is 9.69 Å². The molecule has 1 N–H and O–H groups in total. The third-order valence-corrected chi connectivity index (χ3v) is 7.83. The Morgan fingerprint density at radius 1 is 0.947 bits per heavy atom. The Bertz CT molecular complexity index is 1470. The molecule has 3 aromatic carbocycles. The molecule has 0 unspecified atom stereocenters. The van der Waals surface area contributed by atoms with Crippen molar-refractivity contribution in [2.75, 3.05) is 34.3 Å². The first-order valence-corrected chi connectivity index (χ1v) is 12.4. The molecule has 2 atom stereocenters. The molecule has 3 aromatic rings. The Balaban J connectivity index is 1.50. The van der Waals surface area contributed by atoms with Gasteiger partial charge in [-0.05, 0) is 42.8 Å². The zero-order chi connectivity index (χ0) is 26.6. The quantitative estimate of drug-likeness (QED) is 0.325. The summed E-state index contributed by atoms with van der Waals surface area (Å²) in [5, 5.41) is 14.0. The van der Waals surface area contributed by atoms with Gasteiger partial charge in [0.2, 0.25) is 5.91 Å². The van der Waals surface area contributed by atoms with Gasteiger partial charge < -0.3 is 9.80 Å². The van der Waals surface area contributed by atoms with Gasteiger partial charge in [-0.2, -0.15) is 0 Å². The van der Waals surface area contributed by atoms with E-state index in [9.17, 15) is 24.5 Å². The van der Waals surface area contributed by atoms with Crippen LogP contribution in [-0.4, -0.2) is 48.4 Å². The summed E-state index contributed by atoms with van der Waals surface area (Å²) in [6, 6.07) is 19.8. The average Bonchev–Trinajstić information content (AvgIpc) is 2.92. The number of hydrogen-bond donors (Lipinski definition) is 1. The summed E-state index contributed by atoms with van der Waals surface area (Å²) in [5.41, 5.74) is 1.79. The summed E-state index contributed by atoms with van der Waals surface area (Å²) in [7, 11) is 0. The van der Waals surface area contributed by atoms with E-state index in [1.807, 2.05) is 42.2 Å². The van der Waals surface area contributed by atoms with Gasteiger partial charge in [0.15, 0.2) is 5.41 Å². The average molecular weight is 512 g/mol. The fraction of sp³-hybridized carbons (Fsp3) is 0.250. The van der Waals surface area contributed by atoms with Gasteiger partial charge in [0, 0.05) is 49.6 Å². The van der Waals surface area contributed by atoms with Gasteiger partial charge in [-0.1, -0.05) is 35.9 Å². The number of hydrogen-bond acceptors (Lipinski definition) is 7. The summed E-state index contributed by atoms with van der Waals surface area (Å²) in [5.74, 6) is -1.31. The summed E-state index contributed by atoms with van der Waals surface area (Å²) in [6.07, 6.45) is -0.0614.